The molecule has 0 bridgehead atoms. The minimum Gasteiger partial charge on any atom is -0.352 e. The molecule has 1 heterocycles. The lowest BCUT2D eigenvalue weighted by Crippen LogP contribution is -2.41. The molecule has 2 unspecified atom stereocenters. The van der Waals surface area contributed by atoms with Crippen LogP contribution in [-0.4, -0.2) is 29.2 Å². The van der Waals surface area contributed by atoms with E-state index in [1.807, 2.05) is 11.9 Å². The number of rotatable bonds is 3. The minimum absolute atomic E-state index is 0.0438. The van der Waals surface area contributed by atoms with Crippen LogP contribution in [-0.2, 0) is 7.05 Å². The van der Waals surface area contributed by atoms with Gasteiger partial charge >= 0.3 is 0 Å². The van der Waals surface area contributed by atoms with E-state index < -0.39 is 0 Å². The Hall–Kier alpha value is -1.36. The highest BCUT2D eigenvalue weighted by atomic mass is 16.1. The van der Waals surface area contributed by atoms with Gasteiger partial charge in [-0.3, -0.25) is 4.79 Å². The van der Waals surface area contributed by atoms with Crippen LogP contribution >= 0.6 is 0 Å². The fourth-order valence-corrected chi connectivity index (χ4v) is 2.69. The van der Waals surface area contributed by atoms with Crippen molar-refractivity contribution in [3.63, 3.8) is 0 Å². The van der Waals surface area contributed by atoms with E-state index >= 15 is 0 Å². The Morgan fingerprint density at radius 1 is 1.59 bits per heavy atom. The van der Waals surface area contributed by atoms with Crippen molar-refractivity contribution in [2.24, 2.45) is 18.7 Å². The van der Waals surface area contributed by atoms with Gasteiger partial charge < -0.3 is 15.2 Å². The lowest BCUT2D eigenvalue weighted by Gasteiger charge is -2.29. The zero-order chi connectivity index (χ0) is 12.4. The predicted molar refractivity (Wildman–Crippen MR) is 68.1 cm³/mol. The van der Waals surface area contributed by atoms with Crippen molar-refractivity contribution in [3.05, 3.63) is 22.7 Å². The Labute approximate surface area is 101 Å². The highest BCUT2D eigenvalue weighted by Crippen LogP contribution is 2.29. The summed E-state index contributed by atoms with van der Waals surface area (Å²) in [6.45, 7) is 0.683. The number of anilines is 1. The summed E-state index contributed by atoms with van der Waals surface area (Å²) in [5, 5.41) is 0. The van der Waals surface area contributed by atoms with E-state index in [9.17, 15) is 4.79 Å². The largest absolute Gasteiger partial charge is 0.352 e. The zero-order valence-corrected chi connectivity index (χ0v) is 10.5. The SMILES string of the molecule is CN(c1nccn(C)c1=O)C1CCCC1CN. The van der Waals surface area contributed by atoms with Crippen LogP contribution < -0.4 is 16.2 Å². The summed E-state index contributed by atoms with van der Waals surface area (Å²) in [6.07, 6.45) is 6.77. The summed E-state index contributed by atoms with van der Waals surface area (Å²) in [4.78, 5) is 18.2. The Bertz CT molecular complexity index is 442. The Morgan fingerprint density at radius 2 is 2.35 bits per heavy atom. The third-order valence-corrected chi connectivity index (χ3v) is 3.75. The molecule has 2 atom stereocenters. The Balaban J connectivity index is 2.27. The number of hydrogen-bond acceptors (Lipinski definition) is 4. The maximum atomic E-state index is 12.0. The van der Waals surface area contributed by atoms with Crippen LogP contribution in [0.25, 0.3) is 0 Å². The van der Waals surface area contributed by atoms with Crippen molar-refractivity contribution < 1.29 is 0 Å². The third kappa shape index (κ3) is 2.20. The lowest BCUT2D eigenvalue weighted by atomic mass is 10.0. The molecule has 0 aromatic carbocycles. The molecule has 5 heteroatoms. The number of hydrogen-bond donors (Lipinski definition) is 1. The molecule has 2 N–H and O–H groups in total. The highest BCUT2D eigenvalue weighted by molar-refractivity contribution is 5.36. The van der Waals surface area contributed by atoms with Crippen LogP contribution in [0.4, 0.5) is 5.82 Å². The van der Waals surface area contributed by atoms with Crippen LogP contribution in [0.15, 0.2) is 17.2 Å². The summed E-state index contributed by atoms with van der Waals surface area (Å²) in [5.74, 6) is 1.01. The monoisotopic (exact) mass is 236 g/mol. The molecule has 17 heavy (non-hydrogen) atoms. The third-order valence-electron chi connectivity index (χ3n) is 3.75. The molecular formula is C12H20N4O. The van der Waals surface area contributed by atoms with Gasteiger partial charge in [0.2, 0.25) is 0 Å². The maximum absolute atomic E-state index is 12.0. The normalized spacial score (nSPS) is 23.9. The standard InChI is InChI=1S/C12H20N4O/c1-15-7-6-14-11(12(15)17)16(2)10-5-3-4-9(10)8-13/h6-7,9-10H,3-5,8,13H2,1-2H3. The van der Waals surface area contributed by atoms with Gasteiger partial charge in [-0.25, -0.2) is 4.98 Å². The van der Waals surface area contributed by atoms with Gasteiger partial charge in [0.05, 0.1) is 0 Å². The van der Waals surface area contributed by atoms with Crippen LogP contribution in [0.1, 0.15) is 19.3 Å². The zero-order valence-electron chi connectivity index (χ0n) is 10.5. The molecule has 1 aromatic rings. The molecule has 0 radical (unpaired) electrons. The van der Waals surface area contributed by atoms with Crippen LogP contribution in [0, 0.1) is 5.92 Å². The van der Waals surface area contributed by atoms with Crippen molar-refractivity contribution in [1.29, 1.82) is 0 Å². The average molecular weight is 236 g/mol. The number of aryl methyl sites for hydroxylation is 1. The van der Waals surface area contributed by atoms with E-state index in [0.717, 1.165) is 12.8 Å². The molecule has 94 valence electrons. The number of nitrogens with two attached hydrogens (primary N) is 1. The van der Waals surface area contributed by atoms with E-state index in [1.165, 1.54) is 6.42 Å². The van der Waals surface area contributed by atoms with Crippen molar-refractivity contribution in [2.45, 2.75) is 25.3 Å². The molecule has 1 fully saturated rings. The molecule has 1 saturated carbocycles. The van der Waals surface area contributed by atoms with E-state index in [4.69, 9.17) is 5.73 Å². The molecule has 1 aliphatic rings. The topological polar surface area (TPSA) is 64.2 Å². The van der Waals surface area contributed by atoms with Gasteiger partial charge in [-0.05, 0) is 25.3 Å². The lowest BCUT2D eigenvalue weighted by molar-refractivity contribution is 0.470. The fourth-order valence-electron chi connectivity index (χ4n) is 2.69. The molecule has 0 spiro atoms. The summed E-state index contributed by atoms with van der Waals surface area (Å²) < 4.78 is 1.56. The molecular weight excluding hydrogens is 216 g/mol. The second kappa shape index (κ2) is 4.87. The van der Waals surface area contributed by atoms with E-state index in [2.05, 4.69) is 4.98 Å². The second-order valence-corrected chi connectivity index (χ2v) is 4.77. The summed E-state index contributed by atoms with van der Waals surface area (Å²) >= 11 is 0. The second-order valence-electron chi connectivity index (χ2n) is 4.77. The van der Waals surface area contributed by atoms with Crippen molar-refractivity contribution in [2.75, 3.05) is 18.5 Å². The first-order valence-corrected chi connectivity index (χ1v) is 6.09. The summed E-state index contributed by atoms with van der Waals surface area (Å²) in [7, 11) is 3.69. The fraction of sp³-hybridized carbons (Fsp3) is 0.667. The molecule has 1 aliphatic carbocycles. The van der Waals surface area contributed by atoms with Gasteiger partial charge in [-0.15, -0.1) is 0 Å². The number of aromatic nitrogens is 2. The maximum Gasteiger partial charge on any atom is 0.293 e. The average Bonchev–Trinajstić information content (AvgIpc) is 2.80. The van der Waals surface area contributed by atoms with Gasteiger partial charge in [0.15, 0.2) is 5.82 Å². The first kappa shape index (κ1) is 12.1. The number of nitrogens with zero attached hydrogens (tertiary/aromatic N) is 3. The molecule has 0 saturated heterocycles. The van der Waals surface area contributed by atoms with Crippen LogP contribution in [0.3, 0.4) is 0 Å². The van der Waals surface area contributed by atoms with Crippen LogP contribution in [0.2, 0.25) is 0 Å². The van der Waals surface area contributed by atoms with Gasteiger partial charge in [0, 0.05) is 32.5 Å². The highest BCUT2D eigenvalue weighted by Gasteiger charge is 2.31. The van der Waals surface area contributed by atoms with Gasteiger partial charge in [-0.2, -0.15) is 0 Å². The van der Waals surface area contributed by atoms with Crippen LogP contribution in [0.5, 0.6) is 0 Å². The Morgan fingerprint density at radius 3 is 3.06 bits per heavy atom. The molecule has 2 rings (SSSR count). The van der Waals surface area contributed by atoms with Crippen molar-refractivity contribution in [3.8, 4) is 0 Å². The molecule has 0 amide bonds. The van der Waals surface area contributed by atoms with E-state index in [-0.39, 0.29) is 5.56 Å². The molecule has 1 aromatic heterocycles. The van der Waals surface area contributed by atoms with E-state index in [0.29, 0.717) is 24.3 Å². The minimum atomic E-state index is -0.0438. The van der Waals surface area contributed by atoms with Crippen molar-refractivity contribution >= 4 is 5.82 Å². The molecule has 0 aliphatic heterocycles. The first-order valence-electron chi connectivity index (χ1n) is 6.09. The predicted octanol–water partition coefficient (Wildman–Crippen LogP) is 0.344. The quantitative estimate of drug-likeness (QED) is 0.822. The van der Waals surface area contributed by atoms with E-state index in [1.54, 1.807) is 24.0 Å². The molecule has 5 nitrogen and oxygen atoms in total. The smallest absolute Gasteiger partial charge is 0.293 e. The first-order chi connectivity index (χ1) is 8.15. The van der Waals surface area contributed by atoms with Gasteiger partial charge in [0.25, 0.3) is 5.56 Å². The summed E-state index contributed by atoms with van der Waals surface area (Å²) in [5.41, 5.74) is 5.73. The summed E-state index contributed by atoms with van der Waals surface area (Å²) in [6, 6.07) is 0.350. The Kier molecular flexibility index (Phi) is 3.47. The van der Waals surface area contributed by atoms with Gasteiger partial charge in [0.1, 0.15) is 0 Å². The van der Waals surface area contributed by atoms with Crippen molar-refractivity contribution in [1.82, 2.24) is 9.55 Å². The van der Waals surface area contributed by atoms with Gasteiger partial charge in [-0.1, -0.05) is 6.42 Å².